The van der Waals surface area contributed by atoms with Crippen LogP contribution in [0.3, 0.4) is 0 Å². The van der Waals surface area contributed by atoms with Crippen molar-refractivity contribution in [2.45, 2.75) is 18.7 Å². The van der Waals surface area contributed by atoms with Gasteiger partial charge in [0.15, 0.2) is 0 Å². The molecular weight excluding hydrogens is 378 g/mol. The van der Waals surface area contributed by atoms with E-state index in [0.717, 1.165) is 22.5 Å². The summed E-state index contributed by atoms with van der Waals surface area (Å²) >= 11 is 0. The lowest BCUT2D eigenvalue weighted by molar-refractivity contribution is -0.116. The summed E-state index contributed by atoms with van der Waals surface area (Å²) in [6.45, 7) is 2.75. The molecule has 6 nitrogen and oxygen atoms in total. The largest absolute Gasteiger partial charge is 0.496 e. The van der Waals surface area contributed by atoms with Gasteiger partial charge in [0.25, 0.3) is 0 Å². The van der Waals surface area contributed by atoms with E-state index in [1.54, 1.807) is 13.8 Å². The minimum Gasteiger partial charge on any atom is -0.496 e. The Morgan fingerprint density at radius 1 is 1.19 bits per heavy atom. The molecular formula is C18H20F2N2O4S. The average molecular weight is 398 g/mol. The zero-order chi connectivity index (χ0) is 20.2. The number of anilines is 1. The van der Waals surface area contributed by atoms with Gasteiger partial charge in [0.1, 0.15) is 17.4 Å². The first kappa shape index (κ1) is 20.8. The number of methoxy groups -OCH3 is 1. The zero-order valence-corrected chi connectivity index (χ0v) is 15.9. The first-order valence-electron chi connectivity index (χ1n) is 8.08. The Morgan fingerprint density at radius 3 is 2.48 bits per heavy atom. The normalized spacial score (nSPS) is 11.5. The number of sulfonamides is 1. The Labute approximate surface area is 156 Å². The van der Waals surface area contributed by atoms with Gasteiger partial charge in [0.05, 0.1) is 24.2 Å². The Morgan fingerprint density at radius 2 is 1.89 bits per heavy atom. The monoisotopic (exact) mass is 398 g/mol. The van der Waals surface area contributed by atoms with Crippen LogP contribution in [0.5, 0.6) is 5.75 Å². The Bertz CT molecular complexity index is 948. The van der Waals surface area contributed by atoms with Crippen LogP contribution in [0.4, 0.5) is 14.5 Å². The molecule has 2 aromatic carbocycles. The van der Waals surface area contributed by atoms with Crippen LogP contribution < -0.4 is 10.1 Å². The van der Waals surface area contributed by atoms with Gasteiger partial charge in [-0.05, 0) is 42.8 Å². The number of amides is 1. The van der Waals surface area contributed by atoms with Gasteiger partial charge in [-0.3, -0.25) is 4.79 Å². The quantitative estimate of drug-likeness (QED) is 0.778. The van der Waals surface area contributed by atoms with Gasteiger partial charge >= 0.3 is 0 Å². The number of aryl methyl sites for hydroxylation is 1. The molecule has 9 heteroatoms. The Hall–Kier alpha value is -2.52. The SMILES string of the molecule is CCN(CC(=O)Nc1cc(F)ccc1F)S(=O)(=O)c1ccc(OC)c(C)c1. The van der Waals surface area contributed by atoms with Crippen molar-refractivity contribution in [3.8, 4) is 5.75 Å². The molecule has 0 saturated heterocycles. The predicted molar refractivity (Wildman–Crippen MR) is 97.2 cm³/mol. The van der Waals surface area contributed by atoms with Gasteiger partial charge in [-0.1, -0.05) is 6.92 Å². The molecule has 0 unspecified atom stereocenters. The summed E-state index contributed by atoms with van der Waals surface area (Å²) in [5.74, 6) is -1.78. The molecule has 0 aromatic heterocycles. The second-order valence-corrected chi connectivity index (χ2v) is 7.67. The number of nitrogens with zero attached hydrogens (tertiary/aromatic N) is 1. The minimum absolute atomic E-state index is 0.00684. The molecule has 146 valence electrons. The molecule has 0 heterocycles. The van der Waals surface area contributed by atoms with Crippen LogP contribution in [0.1, 0.15) is 12.5 Å². The molecule has 0 atom stereocenters. The lowest BCUT2D eigenvalue weighted by Crippen LogP contribution is -2.38. The summed E-state index contributed by atoms with van der Waals surface area (Å²) in [5, 5.41) is 2.19. The molecule has 1 amide bonds. The van der Waals surface area contributed by atoms with Gasteiger partial charge in [-0.15, -0.1) is 0 Å². The second-order valence-electron chi connectivity index (χ2n) is 5.73. The van der Waals surface area contributed by atoms with Crippen molar-refractivity contribution in [1.82, 2.24) is 4.31 Å². The predicted octanol–water partition coefficient (Wildman–Crippen LogP) is 2.93. The third-order valence-electron chi connectivity index (χ3n) is 3.88. The molecule has 0 saturated carbocycles. The van der Waals surface area contributed by atoms with E-state index < -0.39 is 34.1 Å². The van der Waals surface area contributed by atoms with Crippen LogP contribution >= 0.6 is 0 Å². The summed E-state index contributed by atoms with van der Waals surface area (Å²) in [7, 11) is -2.48. The highest BCUT2D eigenvalue weighted by Gasteiger charge is 2.26. The van der Waals surface area contributed by atoms with Gasteiger partial charge < -0.3 is 10.1 Å². The summed E-state index contributed by atoms with van der Waals surface area (Å²) in [5.41, 5.74) is 0.273. The van der Waals surface area contributed by atoms with E-state index in [-0.39, 0.29) is 17.1 Å². The highest BCUT2D eigenvalue weighted by molar-refractivity contribution is 7.89. The van der Waals surface area contributed by atoms with Crippen LogP contribution in [0.15, 0.2) is 41.3 Å². The standard InChI is InChI=1S/C18H20F2N2O4S/c1-4-22(11-18(23)21-16-10-13(19)5-7-15(16)20)27(24,25)14-6-8-17(26-3)12(2)9-14/h5-10H,4,11H2,1-3H3,(H,21,23). The average Bonchev–Trinajstić information content (AvgIpc) is 2.62. The smallest absolute Gasteiger partial charge is 0.243 e. The fraction of sp³-hybridized carbons (Fsp3) is 0.278. The number of hydrogen-bond acceptors (Lipinski definition) is 4. The molecule has 0 radical (unpaired) electrons. The zero-order valence-electron chi connectivity index (χ0n) is 15.1. The number of benzene rings is 2. The number of nitrogens with one attached hydrogen (secondary N) is 1. The van der Waals surface area contributed by atoms with E-state index in [2.05, 4.69) is 5.32 Å². The van der Waals surface area contributed by atoms with Crippen molar-refractivity contribution < 1.29 is 26.7 Å². The fourth-order valence-electron chi connectivity index (χ4n) is 2.47. The molecule has 2 rings (SSSR count). The van der Waals surface area contributed by atoms with E-state index in [1.807, 2.05) is 0 Å². The molecule has 0 bridgehead atoms. The van der Waals surface area contributed by atoms with Crippen LogP contribution in [0.25, 0.3) is 0 Å². The summed E-state index contributed by atoms with van der Waals surface area (Å²) in [4.78, 5) is 12.2. The van der Waals surface area contributed by atoms with Crippen molar-refractivity contribution >= 4 is 21.6 Å². The maximum Gasteiger partial charge on any atom is 0.243 e. The molecule has 0 spiro atoms. The Kier molecular flexibility index (Phi) is 6.50. The number of hydrogen-bond donors (Lipinski definition) is 1. The highest BCUT2D eigenvalue weighted by atomic mass is 32.2. The van der Waals surface area contributed by atoms with E-state index in [9.17, 15) is 22.0 Å². The number of likely N-dealkylation sites (N-methyl/N-ethyl adjacent to an activating group) is 1. The molecule has 1 N–H and O–H groups in total. The van der Waals surface area contributed by atoms with Crippen molar-refractivity contribution in [3.05, 3.63) is 53.6 Å². The number of carbonyl (C=O) groups is 1. The van der Waals surface area contributed by atoms with E-state index in [0.29, 0.717) is 11.3 Å². The molecule has 0 aliphatic rings. The van der Waals surface area contributed by atoms with E-state index in [4.69, 9.17) is 4.74 Å². The summed E-state index contributed by atoms with van der Waals surface area (Å²) < 4.78 is 58.5. The van der Waals surface area contributed by atoms with Gasteiger partial charge in [-0.2, -0.15) is 4.31 Å². The van der Waals surface area contributed by atoms with Crippen molar-refractivity contribution in [2.24, 2.45) is 0 Å². The Balaban J connectivity index is 2.21. The number of rotatable bonds is 7. The van der Waals surface area contributed by atoms with Gasteiger partial charge in [-0.25, -0.2) is 17.2 Å². The first-order chi connectivity index (χ1) is 12.7. The molecule has 0 fully saturated rings. The minimum atomic E-state index is -3.96. The van der Waals surface area contributed by atoms with E-state index >= 15 is 0 Å². The van der Waals surface area contributed by atoms with Crippen molar-refractivity contribution in [1.29, 1.82) is 0 Å². The fourth-order valence-corrected chi connectivity index (χ4v) is 3.96. The van der Waals surface area contributed by atoms with Gasteiger partial charge in [0.2, 0.25) is 15.9 Å². The molecule has 2 aromatic rings. The maximum absolute atomic E-state index is 13.6. The third kappa shape index (κ3) is 4.81. The molecule has 0 aliphatic heterocycles. The van der Waals surface area contributed by atoms with Crippen LogP contribution in [-0.4, -0.2) is 38.8 Å². The maximum atomic E-state index is 13.6. The van der Waals surface area contributed by atoms with Crippen molar-refractivity contribution in [3.63, 3.8) is 0 Å². The third-order valence-corrected chi connectivity index (χ3v) is 5.80. The lowest BCUT2D eigenvalue weighted by Gasteiger charge is -2.20. The number of carbonyl (C=O) groups excluding carboxylic acids is 1. The van der Waals surface area contributed by atoms with Crippen LogP contribution in [0.2, 0.25) is 0 Å². The number of halogens is 2. The van der Waals surface area contributed by atoms with Crippen molar-refractivity contribution in [2.75, 3.05) is 25.5 Å². The van der Waals surface area contributed by atoms with Gasteiger partial charge in [0, 0.05) is 12.6 Å². The summed E-state index contributed by atoms with van der Waals surface area (Å²) in [6.07, 6.45) is 0. The van der Waals surface area contributed by atoms with Crippen LogP contribution in [-0.2, 0) is 14.8 Å². The highest BCUT2D eigenvalue weighted by Crippen LogP contribution is 2.24. The molecule has 0 aliphatic carbocycles. The van der Waals surface area contributed by atoms with Crippen LogP contribution in [0, 0.1) is 18.6 Å². The lowest BCUT2D eigenvalue weighted by atomic mass is 10.2. The second kappa shape index (κ2) is 8.45. The first-order valence-corrected chi connectivity index (χ1v) is 9.52. The van der Waals surface area contributed by atoms with E-state index in [1.165, 1.54) is 25.3 Å². The molecule has 27 heavy (non-hydrogen) atoms. The number of ether oxygens (including phenoxy) is 1. The summed E-state index contributed by atoms with van der Waals surface area (Å²) in [6, 6.07) is 6.97. The topological polar surface area (TPSA) is 75.7 Å².